The highest BCUT2D eigenvalue weighted by Crippen LogP contribution is 2.27. The Labute approximate surface area is 236 Å². The van der Waals surface area contributed by atoms with Gasteiger partial charge in [0.2, 0.25) is 5.96 Å². The van der Waals surface area contributed by atoms with E-state index >= 15 is 0 Å². The third-order valence-corrected chi connectivity index (χ3v) is 5.87. The summed E-state index contributed by atoms with van der Waals surface area (Å²) in [5.41, 5.74) is 3.25. The molecule has 10 nitrogen and oxygen atoms in total. The van der Waals surface area contributed by atoms with Crippen LogP contribution in [0.1, 0.15) is 120 Å². The van der Waals surface area contributed by atoms with E-state index in [1.807, 2.05) is 0 Å². The lowest BCUT2D eigenvalue weighted by Gasteiger charge is -2.35. The van der Waals surface area contributed by atoms with Gasteiger partial charge in [0.05, 0.1) is 0 Å². The minimum atomic E-state index is -0.903. The number of nitrogens with zero attached hydrogens (tertiary/aromatic N) is 3. The van der Waals surface area contributed by atoms with Crippen molar-refractivity contribution >= 4 is 24.2 Å². The van der Waals surface area contributed by atoms with E-state index in [2.05, 4.69) is 4.99 Å². The van der Waals surface area contributed by atoms with Crippen molar-refractivity contribution in [1.82, 2.24) is 9.80 Å². The van der Waals surface area contributed by atoms with Crippen LogP contribution in [0.2, 0.25) is 0 Å². The fourth-order valence-corrected chi connectivity index (χ4v) is 4.19. The van der Waals surface area contributed by atoms with Crippen molar-refractivity contribution in [3.63, 3.8) is 0 Å². The molecule has 1 aliphatic rings. The first kappa shape index (κ1) is 34.7. The smallest absolute Gasteiger partial charge is 0.437 e. The van der Waals surface area contributed by atoms with Gasteiger partial charge in [0.15, 0.2) is 0 Å². The second kappa shape index (κ2) is 15.4. The molecule has 0 atom stereocenters. The van der Waals surface area contributed by atoms with E-state index in [0.717, 1.165) is 38.5 Å². The molecule has 0 aromatic rings. The van der Waals surface area contributed by atoms with E-state index in [4.69, 9.17) is 19.9 Å². The molecule has 0 aliphatic heterocycles. The van der Waals surface area contributed by atoms with Gasteiger partial charge in [-0.15, -0.1) is 4.99 Å². The van der Waals surface area contributed by atoms with Gasteiger partial charge in [0.1, 0.15) is 16.8 Å². The molecular weight excluding hydrogens is 500 g/mol. The second-order valence-corrected chi connectivity index (χ2v) is 13.3. The summed E-state index contributed by atoms with van der Waals surface area (Å²) in [5.74, 6) is 0.294. The van der Waals surface area contributed by atoms with Gasteiger partial charge in [0, 0.05) is 13.1 Å². The minimum absolute atomic E-state index is 0.142. The number of unbranched alkanes of at least 4 members (excludes halogenated alkanes) is 2. The predicted octanol–water partition coefficient (Wildman–Crippen LogP) is 6.85. The van der Waals surface area contributed by atoms with Gasteiger partial charge in [0.25, 0.3) is 0 Å². The second-order valence-electron chi connectivity index (χ2n) is 13.3. The maximum absolute atomic E-state index is 13.6. The largest absolute Gasteiger partial charge is 0.443 e. The van der Waals surface area contributed by atoms with E-state index in [-0.39, 0.29) is 19.0 Å². The van der Waals surface area contributed by atoms with Gasteiger partial charge in [-0.3, -0.25) is 0 Å². The molecule has 1 saturated carbocycles. The quantitative estimate of drug-likeness (QED) is 0.151. The molecule has 10 heteroatoms. The van der Waals surface area contributed by atoms with E-state index in [1.165, 1.54) is 16.2 Å². The Morgan fingerprint density at radius 2 is 1.21 bits per heavy atom. The van der Waals surface area contributed by atoms with Crippen LogP contribution < -0.4 is 5.73 Å². The Hall–Kier alpha value is -2.36. The summed E-state index contributed by atoms with van der Waals surface area (Å²) >= 11 is 0. The zero-order valence-corrected chi connectivity index (χ0v) is 25.9. The summed E-state index contributed by atoms with van der Waals surface area (Å²) < 4.78 is 16.9. The Bertz CT molecular complexity index is 817. The lowest BCUT2D eigenvalue weighted by atomic mass is 9.87. The molecule has 0 bridgehead atoms. The maximum atomic E-state index is 13.6. The van der Waals surface area contributed by atoms with Crippen LogP contribution in [0.4, 0.5) is 14.4 Å². The lowest BCUT2D eigenvalue weighted by Crippen LogP contribution is -2.53. The molecule has 39 heavy (non-hydrogen) atoms. The molecule has 0 radical (unpaired) electrons. The summed E-state index contributed by atoms with van der Waals surface area (Å²) in [4.78, 5) is 46.9. The van der Waals surface area contributed by atoms with Gasteiger partial charge < -0.3 is 19.9 Å². The first-order valence-electron chi connectivity index (χ1n) is 14.4. The number of hydrogen-bond acceptors (Lipinski definition) is 7. The SMILES string of the molecule is CC(C)(C)OC(=O)/N=C(\N(CCCCCN)C(=O)OC(C)(C)C)N(CCC1CCCCC1)C(=O)OC(C)(C)C. The summed E-state index contributed by atoms with van der Waals surface area (Å²) in [5, 5.41) is 0. The van der Waals surface area contributed by atoms with Gasteiger partial charge in [-0.1, -0.05) is 38.5 Å². The Morgan fingerprint density at radius 1 is 0.718 bits per heavy atom. The van der Waals surface area contributed by atoms with Crippen molar-refractivity contribution in [1.29, 1.82) is 0 Å². The standard InChI is InChI=1S/C29H54N4O6/c1-27(2,3)37-24(34)31-23(32(20-15-11-14-19-30)25(35)38-28(4,5)6)33(26(36)39-29(7,8)9)21-18-22-16-12-10-13-17-22/h22H,10-21,30H2,1-9H3/b31-23+. The molecule has 0 saturated heterocycles. The molecule has 226 valence electrons. The van der Waals surface area contributed by atoms with Crippen LogP contribution >= 0.6 is 0 Å². The Balaban J connectivity index is 3.57. The normalized spacial score (nSPS) is 15.5. The molecule has 3 amide bonds. The van der Waals surface area contributed by atoms with Crippen LogP contribution in [-0.2, 0) is 14.2 Å². The number of guanidine groups is 1. The summed E-state index contributed by atoms with van der Waals surface area (Å²) in [6.07, 6.45) is 6.19. The van der Waals surface area contributed by atoms with Crippen LogP contribution in [0.15, 0.2) is 4.99 Å². The van der Waals surface area contributed by atoms with Crippen molar-refractivity contribution in [2.45, 2.75) is 137 Å². The van der Waals surface area contributed by atoms with Gasteiger partial charge in [-0.2, -0.15) is 0 Å². The van der Waals surface area contributed by atoms with E-state index in [9.17, 15) is 14.4 Å². The molecule has 0 aromatic heterocycles. The number of rotatable bonds is 8. The van der Waals surface area contributed by atoms with Crippen molar-refractivity contribution < 1.29 is 28.6 Å². The van der Waals surface area contributed by atoms with Crippen LogP contribution in [-0.4, -0.2) is 70.5 Å². The number of carbonyl (C=O) groups excluding carboxylic acids is 3. The molecule has 1 rings (SSSR count). The molecule has 0 unspecified atom stereocenters. The molecule has 1 fully saturated rings. The van der Waals surface area contributed by atoms with Crippen molar-refractivity contribution in [3.8, 4) is 0 Å². The van der Waals surface area contributed by atoms with Crippen molar-refractivity contribution in [2.75, 3.05) is 19.6 Å². The monoisotopic (exact) mass is 554 g/mol. The number of hydrogen-bond donors (Lipinski definition) is 1. The highest BCUT2D eigenvalue weighted by Gasteiger charge is 2.35. The molecule has 0 heterocycles. The molecular formula is C29H54N4O6. The average molecular weight is 555 g/mol. The fourth-order valence-electron chi connectivity index (χ4n) is 4.19. The zero-order chi connectivity index (χ0) is 29.9. The summed E-state index contributed by atoms with van der Waals surface area (Å²) in [6, 6.07) is 0. The average Bonchev–Trinajstić information content (AvgIpc) is 2.75. The molecule has 0 aromatic carbocycles. The first-order chi connectivity index (χ1) is 17.9. The Kier molecular flexibility index (Phi) is 13.7. The van der Waals surface area contributed by atoms with Gasteiger partial charge in [-0.05, 0) is 94.0 Å². The number of aliphatic imine (C=N–C) groups is 1. The number of carbonyl (C=O) groups is 3. The number of amides is 3. The highest BCUT2D eigenvalue weighted by molar-refractivity contribution is 6.05. The topological polar surface area (TPSA) is 124 Å². The Morgan fingerprint density at radius 3 is 1.67 bits per heavy atom. The first-order valence-corrected chi connectivity index (χ1v) is 14.4. The number of ether oxygens (including phenoxy) is 3. The van der Waals surface area contributed by atoms with E-state index in [1.54, 1.807) is 62.3 Å². The van der Waals surface area contributed by atoms with Gasteiger partial charge >= 0.3 is 18.3 Å². The van der Waals surface area contributed by atoms with Crippen molar-refractivity contribution in [2.24, 2.45) is 16.6 Å². The summed E-state index contributed by atoms with van der Waals surface area (Å²) in [6.45, 7) is 16.7. The minimum Gasteiger partial charge on any atom is -0.443 e. The third-order valence-electron chi connectivity index (χ3n) is 5.87. The van der Waals surface area contributed by atoms with Crippen molar-refractivity contribution in [3.05, 3.63) is 0 Å². The van der Waals surface area contributed by atoms with Gasteiger partial charge in [-0.25, -0.2) is 24.2 Å². The number of nitrogens with two attached hydrogens (primary N) is 1. The third kappa shape index (κ3) is 15.1. The molecule has 2 N–H and O–H groups in total. The molecule has 0 spiro atoms. The fraction of sp³-hybridized carbons (Fsp3) is 0.862. The lowest BCUT2D eigenvalue weighted by molar-refractivity contribution is 0.0267. The summed E-state index contributed by atoms with van der Waals surface area (Å²) in [7, 11) is 0. The molecule has 1 aliphatic carbocycles. The van der Waals surface area contributed by atoms with E-state index in [0.29, 0.717) is 25.3 Å². The highest BCUT2D eigenvalue weighted by atomic mass is 16.6. The maximum Gasteiger partial charge on any atom is 0.437 e. The van der Waals surface area contributed by atoms with Crippen LogP contribution in [0.5, 0.6) is 0 Å². The van der Waals surface area contributed by atoms with E-state index < -0.39 is 35.1 Å². The zero-order valence-electron chi connectivity index (χ0n) is 25.9. The predicted molar refractivity (Wildman–Crippen MR) is 154 cm³/mol. The van der Waals surface area contributed by atoms with Crippen LogP contribution in [0, 0.1) is 5.92 Å². The van der Waals surface area contributed by atoms with Crippen LogP contribution in [0.25, 0.3) is 0 Å². The van der Waals surface area contributed by atoms with Crippen LogP contribution in [0.3, 0.4) is 0 Å².